The summed E-state index contributed by atoms with van der Waals surface area (Å²) in [6, 6.07) is 3.49. The first-order chi connectivity index (χ1) is 6.59. The minimum absolute atomic E-state index is 0.181. The standard InChI is InChI=1S/C9H9F2NO2/c10-7-2-1-6(5-8(7)11)3-4-12-9(13)14/h1-2,5,12H,3-4H2,(H,13,14). The van der Waals surface area contributed by atoms with Crippen LogP contribution in [-0.4, -0.2) is 17.7 Å². The Kier molecular flexibility index (Phi) is 3.39. The summed E-state index contributed by atoms with van der Waals surface area (Å²) in [5, 5.41) is 10.4. The highest BCUT2D eigenvalue weighted by atomic mass is 19.2. The van der Waals surface area contributed by atoms with Crippen molar-refractivity contribution in [3.63, 3.8) is 0 Å². The Hall–Kier alpha value is -1.65. The van der Waals surface area contributed by atoms with Gasteiger partial charge in [-0.3, -0.25) is 0 Å². The van der Waals surface area contributed by atoms with Crippen molar-refractivity contribution < 1.29 is 18.7 Å². The smallest absolute Gasteiger partial charge is 0.404 e. The zero-order chi connectivity index (χ0) is 10.6. The summed E-state index contributed by atoms with van der Waals surface area (Å²) in [5.41, 5.74) is 0.553. The summed E-state index contributed by atoms with van der Waals surface area (Å²) in [6.07, 6.45) is -0.795. The molecule has 0 aliphatic rings. The van der Waals surface area contributed by atoms with Crippen molar-refractivity contribution in [2.75, 3.05) is 6.54 Å². The first kappa shape index (κ1) is 10.4. The SMILES string of the molecule is O=C(O)NCCc1ccc(F)c(F)c1. The number of nitrogens with one attached hydrogen (secondary N) is 1. The molecule has 5 heteroatoms. The number of halogens is 2. The first-order valence-corrected chi connectivity index (χ1v) is 4.00. The largest absolute Gasteiger partial charge is 0.465 e. The summed E-state index contributed by atoms with van der Waals surface area (Å²) in [4.78, 5) is 10.1. The fourth-order valence-corrected chi connectivity index (χ4v) is 1.01. The molecule has 0 fully saturated rings. The van der Waals surface area contributed by atoms with Gasteiger partial charge in [0.25, 0.3) is 0 Å². The van der Waals surface area contributed by atoms with Crippen molar-refractivity contribution >= 4 is 6.09 Å². The molecule has 1 aromatic rings. The number of carbonyl (C=O) groups is 1. The maximum Gasteiger partial charge on any atom is 0.404 e. The van der Waals surface area contributed by atoms with Gasteiger partial charge in [0.1, 0.15) is 0 Å². The fraction of sp³-hybridized carbons (Fsp3) is 0.222. The summed E-state index contributed by atoms with van der Waals surface area (Å²) < 4.78 is 25.1. The van der Waals surface area contributed by atoms with Crippen LogP contribution in [0.3, 0.4) is 0 Å². The van der Waals surface area contributed by atoms with Crippen LogP contribution < -0.4 is 5.32 Å². The monoisotopic (exact) mass is 201 g/mol. The molecule has 0 spiro atoms. The predicted octanol–water partition coefficient (Wildman–Crippen LogP) is 1.77. The second-order valence-electron chi connectivity index (χ2n) is 2.73. The molecule has 1 rings (SSSR count). The average molecular weight is 201 g/mol. The third-order valence-corrected chi connectivity index (χ3v) is 1.67. The van der Waals surface area contributed by atoms with Crippen LogP contribution in [0.2, 0.25) is 0 Å². The van der Waals surface area contributed by atoms with Gasteiger partial charge in [-0.1, -0.05) is 6.07 Å². The molecule has 1 aromatic carbocycles. The van der Waals surface area contributed by atoms with E-state index in [-0.39, 0.29) is 6.54 Å². The van der Waals surface area contributed by atoms with Gasteiger partial charge in [-0.15, -0.1) is 0 Å². The third-order valence-electron chi connectivity index (χ3n) is 1.67. The minimum Gasteiger partial charge on any atom is -0.465 e. The molecule has 3 nitrogen and oxygen atoms in total. The Labute approximate surface area is 79.4 Å². The van der Waals surface area contributed by atoms with E-state index >= 15 is 0 Å². The molecule has 0 aliphatic heterocycles. The molecule has 0 aromatic heterocycles. The molecule has 0 bridgehead atoms. The molecule has 2 N–H and O–H groups in total. The van der Waals surface area contributed by atoms with Crippen LogP contribution in [0, 0.1) is 11.6 Å². The van der Waals surface area contributed by atoms with Crippen molar-refractivity contribution in [3.05, 3.63) is 35.4 Å². The van der Waals surface area contributed by atoms with E-state index in [1.54, 1.807) is 0 Å². The highest BCUT2D eigenvalue weighted by Gasteiger charge is 2.02. The van der Waals surface area contributed by atoms with E-state index in [1.165, 1.54) is 6.07 Å². The Balaban J connectivity index is 2.51. The van der Waals surface area contributed by atoms with Crippen molar-refractivity contribution in [1.29, 1.82) is 0 Å². The van der Waals surface area contributed by atoms with Crippen LogP contribution in [0.1, 0.15) is 5.56 Å². The molecule has 76 valence electrons. The molecular weight excluding hydrogens is 192 g/mol. The lowest BCUT2D eigenvalue weighted by Gasteiger charge is -2.01. The van der Waals surface area contributed by atoms with Gasteiger partial charge < -0.3 is 10.4 Å². The van der Waals surface area contributed by atoms with Gasteiger partial charge in [0.05, 0.1) is 0 Å². The molecule has 0 saturated heterocycles. The lowest BCUT2D eigenvalue weighted by Crippen LogP contribution is -2.23. The second-order valence-corrected chi connectivity index (χ2v) is 2.73. The lowest BCUT2D eigenvalue weighted by atomic mass is 10.1. The van der Waals surface area contributed by atoms with Crippen LogP contribution in [0.15, 0.2) is 18.2 Å². The van der Waals surface area contributed by atoms with Gasteiger partial charge in [-0.05, 0) is 24.1 Å². The van der Waals surface area contributed by atoms with E-state index in [2.05, 4.69) is 5.32 Å². The molecule has 0 heterocycles. The van der Waals surface area contributed by atoms with Crippen molar-refractivity contribution in [2.45, 2.75) is 6.42 Å². The van der Waals surface area contributed by atoms with Crippen LogP contribution in [0.4, 0.5) is 13.6 Å². The zero-order valence-electron chi connectivity index (χ0n) is 7.26. The Morgan fingerprint density at radius 3 is 2.64 bits per heavy atom. The van der Waals surface area contributed by atoms with Crippen LogP contribution in [-0.2, 0) is 6.42 Å². The number of carboxylic acid groups (broad SMARTS) is 1. The van der Waals surface area contributed by atoms with Crippen LogP contribution in [0.25, 0.3) is 0 Å². The van der Waals surface area contributed by atoms with Crippen LogP contribution in [0.5, 0.6) is 0 Å². The third kappa shape index (κ3) is 3.01. The minimum atomic E-state index is -1.13. The van der Waals surface area contributed by atoms with Crippen molar-refractivity contribution in [1.82, 2.24) is 5.32 Å². The fourth-order valence-electron chi connectivity index (χ4n) is 1.01. The quantitative estimate of drug-likeness (QED) is 0.783. The Bertz CT molecular complexity index is 342. The number of hydrogen-bond donors (Lipinski definition) is 2. The van der Waals surface area contributed by atoms with Gasteiger partial charge in [0.2, 0.25) is 0 Å². The van der Waals surface area contributed by atoms with Crippen molar-refractivity contribution in [2.24, 2.45) is 0 Å². The van der Waals surface area contributed by atoms with E-state index in [9.17, 15) is 13.6 Å². The molecule has 0 atom stereocenters. The topological polar surface area (TPSA) is 49.3 Å². The summed E-state index contributed by atoms with van der Waals surface area (Å²) in [5.74, 6) is -1.82. The molecule has 14 heavy (non-hydrogen) atoms. The lowest BCUT2D eigenvalue weighted by molar-refractivity contribution is 0.194. The van der Waals surface area contributed by atoms with E-state index in [1.807, 2.05) is 0 Å². The van der Waals surface area contributed by atoms with Gasteiger partial charge in [0, 0.05) is 6.54 Å². The Morgan fingerprint density at radius 1 is 1.36 bits per heavy atom. The average Bonchev–Trinajstić information content (AvgIpc) is 2.10. The number of rotatable bonds is 3. The van der Waals surface area contributed by atoms with Gasteiger partial charge in [0.15, 0.2) is 11.6 Å². The maximum absolute atomic E-state index is 12.7. The molecule has 0 radical (unpaired) electrons. The van der Waals surface area contributed by atoms with Gasteiger partial charge in [-0.2, -0.15) is 0 Å². The first-order valence-electron chi connectivity index (χ1n) is 4.00. The molecule has 0 unspecified atom stereocenters. The second kappa shape index (κ2) is 4.55. The number of hydrogen-bond acceptors (Lipinski definition) is 1. The highest BCUT2D eigenvalue weighted by Crippen LogP contribution is 2.08. The highest BCUT2D eigenvalue weighted by molar-refractivity contribution is 5.64. The van der Waals surface area contributed by atoms with E-state index < -0.39 is 17.7 Å². The maximum atomic E-state index is 12.7. The number of benzene rings is 1. The molecule has 0 saturated carbocycles. The summed E-state index contributed by atoms with van der Waals surface area (Å²) >= 11 is 0. The van der Waals surface area contributed by atoms with E-state index in [0.29, 0.717) is 12.0 Å². The van der Waals surface area contributed by atoms with Gasteiger partial charge >= 0.3 is 6.09 Å². The molecule has 0 aliphatic carbocycles. The Morgan fingerprint density at radius 2 is 2.07 bits per heavy atom. The summed E-state index contributed by atoms with van der Waals surface area (Å²) in [6.45, 7) is 0.181. The molecular formula is C9H9F2NO2. The van der Waals surface area contributed by atoms with E-state index in [0.717, 1.165) is 12.1 Å². The van der Waals surface area contributed by atoms with E-state index in [4.69, 9.17) is 5.11 Å². The molecule has 1 amide bonds. The number of amides is 1. The van der Waals surface area contributed by atoms with Gasteiger partial charge in [-0.25, -0.2) is 13.6 Å². The summed E-state index contributed by atoms with van der Waals surface area (Å²) in [7, 11) is 0. The normalized spacial score (nSPS) is 9.86. The predicted molar refractivity (Wildman–Crippen MR) is 46.1 cm³/mol. The zero-order valence-corrected chi connectivity index (χ0v) is 7.26. The van der Waals surface area contributed by atoms with Crippen LogP contribution >= 0.6 is 0 Å². The van der Waals surface area contributed by atoms with Crippen molar-refractivity contribution in [3.8, 4) is 0 Å².